The van der Waals surface area contributed by atoms with E-state index in [4.69, 9.17) is 4.74 Å². The predicted molar refractivity (Wildman–Crippen MR) is 94.8 cm³/mol. The molecule has 0 unspecified atom stereocenters. The Balaban J connectivity index is 1.84. The molecule has 4 nitrogen and oxygen atoms in total. The van der Waals surface area contributed by atoms with Crippen molar-refractivity contribution >= 4 is 17.6 Å². The molecular weight excluding hydrogens is 325 g/mol. The van der Waals surface area contributed by atoms with Crippen LogP contribution in [0.1, 0.15) is 5.56 Å². The van der Waals surface area contributed by atoms with E-state index in [-0.39, 0.29) is 5.82 Å². The Bertz CT molecular complexity index is 909. The molecule has 0 spiro atoms. The molecule has 0 N–H and O–H groups in total. The van der Waals surface area contributed by atoms with Gasteiger partial charge in [-0.25, -0.2) is 4.39 Å². The smallest absolute Gasteiger partial charge is 0.210 e. The number of ether oxygens (including phenoxy) is 1. The molecule has 0 aliphatic rings. The SMILES string of the molecule is COc1ccc(-c2cs/c(=N\N=C\c3ccc(F)cc3)n2C)cc1. The molecule has 3 rings (SSSR count). The highest BCUT2D eigenvalue weighted by molar-refractivity contribution is 7.07. The van der Waals surface area contributed by atoms with Crippen LogP contribution in [0.25, 0.3) is 11.3 Å². The summed E-state index contributed by atoms with van der Waals surface area (Å²) in [6.45, 7) is 0. The van der Waals surface area contributed by atoms with Gasteiger partial charge in [0.05, 0.1) is 19.0 Å². The molecule has 0 saturated carbocycles. The molecule has 0 saturated heterocycles. The number of aromatic nitrogens is 1. The topological polar surface area (TPSA) is 38.9 Å². The first-order chi connectivity index (χ1) is 11.7. The van der Waals surface area contributed by atoms with Crippen LogP contribution in [0.15, 0.2) is 64.1 Å². The van der Waals surface area contributed by atoms with E-state index in [2.05, 4.69) is 10.2 Å². The first kappa shape index (κ1) is 16.1. The van der Waals surface area contributed by atoms with Gasteiger partial charge in [-0.2, -0.15) is 5.10 Å². The van der Waals surface area contributed by atoms with Gasteiger partial charge in [-0.3, -0.25) is 0 Å². The van der Waals surface area contributed by atoms with Crippen molar-refractivity contribution in [3.8, 4) is 17.0 Å². The molecule has 0 fully saturated rings. The molecule has 122 valence electrons. The molecule has 1 aromatic heterocycles. The highest BCUT2D eigenvalue weighted by atomic mass is 32.1. The third-order valence-electron chi connectivity index (χ3n) is 3.53. The summed E-state index contributed by atoms with van der Waals surface area (Å²) >= 11 is 1.51. The monoisotopic (exact) mass is 341 g/mol. The molecule has 24 heavy (non-hydrogen) atoms. The maximum Gasteiger partial charge on any atom is 0.210 e. The maximum atomic E-state index is 12.9. The Hall–Kier alpha value is -2.73. The number of hydrogen-bond donors (Lipinski definition) is 0. The number of nitrogens with zero attached hydrogens (tertiary/aromatic N) is 3. The molecular formula is C18H16FN3OS. The van der Waals surface area contributed by atoms with Crippen molar-refractivity contribution in [3.63, 3.8) is 0 Å². The fourth-order valence-electron chi connectivity index (χ4n) is 2.18. The first-order valence-electron chi connectivity index (χ1n) is 7.29. The van der Waals surface area contributed by atoms with Gasteiger partial charge in [0.2, 0.25) is 4.80 Å². The molecule has 0 amide bonds. The predicted octanol–water partition coefficient (Wildman–Crippen LogP) is 3.84. The number of hydrogen-bond acceptors (Lipinski definition) is 4. The molecule has 0 aliphatic carbocycles. The zero-order valence-corrected chi connectivity index (χ0v) is 14.1. The summed E-state index contributed by atoms with van der Waals surface area (Å²) in [7, 11) is 3.60. The number of benzene rings is 2. The zero-order valence-electron chi connectivity index (χ0n) is 13.3. The van der Waals surface area contributed by atoms with Crippen molar-refractivity contribution < 1.29 is 9.13 Å². The van der Waals surface area contributed by atoms with Gasteiger partial charge in [-0.05, 0) is 47.5 Å². The number of halogens is 1. The van der Waals surface area contributed by atoms with Gasteiger partial charge in [-0.15, -0.1) is 16.4 Å². The van der Waals surface area contributed by atoms with Crippen molar-refractivity contribution in [2.45, 2.75) is 0 Å². The lowest BCUT2D eigenvalue weighted by molar-refractivity contribution is 0.415. The van der Waals surface area contributed by atoms with Crippen LogP contribution in [-0.2, 0) is 7.05 Å². The Morgan fingerprint density at radius 3 is 2.46 bits per heavy atom. The third-order valence-corrected chi connectivity index (χ3v) is 4.44. The number of methoxy groups -OCH3 is 1. The average molecular weight is 341 g/mol. The summed E-state index contributed by atoms with van der Waals surface area (Å²) in [5.74, 6) is 0.559. The van der Waals surface area contributed by atoms with Gasteiger partial charge in [-0.1, -0.05) is 12.1 Å². The Labute approximate surface area is 143 Å². The Morgan fingerprint density at radius 2 is 1.79 bits per heavy atom. The maximum absolute atomic E-state index is 12.9. The van der Waals surface area contributed by atoms with Crippen LogP contribution >= 0.6 is 11.3 Å². The molecule has 0 atom stereocenters. The van der Waals surface area contributed by atoms with E-state index in [9.17, 15) is 4.39 Å². The zero-order chi connectivity index (χ0) is 16.9. The largest absolute Gasteiger partial charge is 0.497 e. The molecule has 0 aliphatic heterocycles. The molecule has 6 heteroatoms. The molecule has 0 radical (unpaired) electrons. The number of thiazole rings is 1. The molecule has 0 bridgehead atoms. The van der Waals surface area contributed by atoms with Gasteiger partial charge >= 0.3 is 0 Å². The summed E-state index contributed by atoms with van der Waals surface area (Å²) in [4.78, 5) is 0.777. The van der Waals surface area contributed by atoms with Gasteiger partial charge in [0.25, 0.3) is 0 Å². The van der Waals surface area contributed by atoms with E-state index in [1.807, 2.05) is 41.3 Å². The minimum atomic E-state index is -0.266. The highest BCUT2D eigenvalue weighted by Crippen LogP contribution is 2.22. The Morgan fingerprint density at radius 1 is 1.08 bits per heavy atom. The van der Waals surface area contributed by atoms with Crippen LogP contribution in [0.2, 0.25) is 0 Å². The standard InChI is InChI=1S/C18H16FN3OS/c1-22-17(14-5-9-16(23-2)10-6-14)12-24-18(22)21-20-11-13-3-7-15(19)8-4-13/h3-12H,1-2H3/b20-11+,21-18-. The summed E-state index contributed by atoms with van der Waals surface area (Å²) < 4.78 is 20.0. The first-order valence-corrected chi connectivity index (χ1v) is 8.17. The van der Waals surface area contributed by atoms with Crippen LogP contribution < -0.4 is 9.54 Å². The molecule has 2 aromatic carbocycles. The van der Waals surface area contributed by atoms with Gasteiger partial charge < -0.3 is 9.30 Å². The van der Waals surface area contributed by atoms with Crippen molar-refractivity contribution in [2.24, 2.45) is 17.3 Å². The molecule has 1 heterocycles. The summed E-state index contributed by atoms with van der Waals surface area (Å²) in [6, 6.07) is 14.0. The van der Waals surface area contributed by atoms with Crippen molar-refractivity contribution in [1.82, 2.24) is 4.57 Å². The normalized spacial score (nSPS) is 12.0. The van der Waals surface area contributed by atoms with Crippen molar-refractivity contribution in [2.75, 3.05) is 7.11 Å². The van der Waals surface area contributed by atoms with Crippen LogP contribution in [0.4, 0.5) is 4.39 Å². The highest BCUT2D eigenvalue weighted by Gasteiger charge is 2.04. The van der Waals surface area contributed by atoms with Crippen LogP contribution in [0.5, 0.6) is 5.75 Å². The summed E-state index contributed by atoms with van der Waals surface area (Å²) in [5, 5.41) is 10.4. The van der Waals surface area contributed by atoms with Crippen molar-refractivity contribution in [3.05, 3.63) is 70.1 Å². The minimum Gasteiger partial charge on any atom is -0.497 e. The third kappa shape index (κ3) is 3.60. The second-order valence-electron chi connectivity index (χ2n) is 5.09. The van der Waals surface area contributed by atoms with Crippen LogP contribution in [-0.4, -0.2) is 17.9 Å². The van der Waals surface area contributed by atoms with E-state index < -0.39 is 0 Å². The van der Waals surface area contributed by atoms with E-state index in [1.54, 1.807) is 25.5 Å². The van der Waals surface area contributed by atoms with E-state index >= 15 is 0 Å². The van der Waals surface area contributed by atoms with E-state index in [1.165, 1.54) is 23.5 Å². The lowest BCUT2D eigenvalue weighted by Crippen LogP contribution is -2.10. The van der Waals surface area contributed by atoms with Gasteiger partial charge in [0, 0.05) is 12.4 Å². The lowest BCUT2D eigenvalue weighted by atomic mass is 10.1. The van der Waals surface area contributed by atoms with Crippen molar-refractivity contribution in [1.29, 1.82) is 0 Å². The Kier molecular flexibility index (Phi) is 4.86. The fraction of sp³-hybridized carbons (Fsp3) is 0.111. The van der Waals surface area contributed by atoms with Gasteiger partial charge in [0.1, 0.15) is 11.6 Å². The van der Waals surface area contributed by atoms with Crippen LogP contribution in [0.3, 0.4) is 0 Å². The second kappa shape index (κ2) is 7.23. The number of rotatable bonds is 4. The average Bonchev–Trinajstić information content (AvgIpc) is 2.98. The van der Waals surface area contributed by atoms with E-state index in [0.29, 0.717) is 0 Å². The minimum absolute atomic E-state index is 0.266. The van der Waals surface area contributed by atoms with Crippen LogP contribution in [0, 0.1) is 5.82 Å². The lowest BCUT2D eigenvalue weighted by Gasteiger charge is -2.04. The summed E-state index contributed by atoms with van der Waals surface area (Å²) in [6.07, 6.45) is 1.60. The van der Waals surface area contributed by atoms with E-state index in [0.717, 1.165) is 27.4 Å². The molecule has 3 aromatic rings. The van der Waals surface area contributed by atoms with Gasteiger partial charge in [0.15, 0.2) is 0 Å². The quantitative estimate of drug-likeness (QED) is 0.525. The fourth-order valence-corrected chi connectivity index (χ4v) is 3.04. The summed E-state index contributed by atoms with van der Waals surface area (Å²) in [5.41, 5.74) is 2.94. The second-order valence-corrected chi connectivity index (χ2v) is 5.92.